The largest absolute Gasteiger partial charge is 0.380 e. The Morgan fingerprint density at radius 2 is 2.11 bits per heavy atom. The van der Waals surface area contributed by atoms with Crippen LogP contribution in [0.5, 0.6) is 0 Å². The fourth-order valence-corrected chi connectivity index (χ4v) is 2.57. The summed E-state index contributed by atoms with van der Waals surface area (Å²) in [4.78, 5) is 23.0. The molecular weight excluding hydrogens is 285 g/mol. The van der Waals surface area contributed by atoms with Crippen LogP contribution in [0.4, 0.5) is 0 Å². The number of amides is 1. The van der Waals surface area contributed by atoms with Crippen molar-refractivity contribution in [2.45, 2.75) is 45.8 Å². The molecule has 1 N–H and O–H groups in total. The maximum Gasteiger partial charge on any atom is 0.222 e. The number of hydrogen-bond acceptors (Lipinski definition) is 4. The Labute approximate surface area is 121 Å². The van der Waals surface area contributed by atoms with Gasteiger partial charge in [0.2, 0.25) is 5.91 Å². The quantitative estimate of drug-likeness (QED) is 0.787. The van der Waals surface area contributed by atoms with Crippen LogP contribution in [0.2, 0.25) is 0 Å². The van der Waals surface area contributed by atoms with Gasteiger partial charge in [0.25, 0.3) is 0 Å². The molecule has 3 unspecified atom stereocenters. The highest BCUT2D eigenvalue weighted by atomic mass is 32.5. The second-order valence-corrected chi connectivity index (χ2v) is 8.14. The summed E-state index contributed by atoms with van der Waals surface area (Å²) in [6, 6.07) is -0.0400. The van der Waals surface area contributed by atoms with Crippen molar-refractivity contribution in [3.05, 3.63) is 0 Å². The number of hydrogen-bond donors (Lipinski definition) is 1. The maximum absolute atomic E-state index is 11.7. The number of rotatable bonds is 5. The minimum atomic E-state index is -2.66. The normalized spacial score (nSPS) is 25.5. The summed E-state index contributed by atoms with van der Waals surface area (Å²) in [7, 11) is 1.64. The molecule has 1 aliphatic heterocycles. The molecule has 1 fully saturated rings. The molecular formula is C12H26NO4PS. The van der Waals surface area contributed by atoms with Crippen LogP contribution in [0.25, 0.3) is 0 Å². The SMILES string of the molecule is CC.CCC(=O)N1CC(OC)CC1COP(C)(O)=S. The predicted octanol–water partition coefficient (Wildman–Crippen LogP) is 1.99. The molecule has 1 aliphatic rings. The first-order chi connectivity index (χ1) is 8.87. The Morgan fingerprint density at radius 1 is 1.53 bits per heavy atom. The summed E-state index contributed by atoms with van der Waals surface area (Å²) in [5.74, 6) is 0.0838. The molecule has 0 spiro atoms. The van der Waals surface area contributed by atoms with Crippen molar-refractivity contribution in [2.24, 2.45) is 0 Å². The molecule has 114 valence electrons. The molecule has 0 radical (unpaired) electrons. The molecule has 5 nitrogen and oxygen atoms in total. The van der Waals surface area contributed by atoms with Gasteiger partial charge in [0.05, 0.1) is 18.8 Å². The van der Waals surface area contributed by atoms with Crippen molar-refractivity contribution in [3.8, 4) is 0 Å². The fourth-order valence-electron chi connectivity index (χ4n) is 1.94. The van der Waals surface area contributed by atoms with E-state index in [9.17, 15) is 9.69 Å². The van der Waals surface area contributed by atoms with Crippen LogP contribution in [0, 0.1) is 0 Å². The van der Waals surface area contributed by atoms with Crippen LogP contribution < -0.4 is 0 Å². The number of carbonyl (C=O) groups excluding carboxylic acids is 1. The second-order valence-electron chi connectivity index (χ2n) is 4.25. The lowest BCUT2D eigenvalue weighted by Crippen LogP contribution is -2.38. The Balaban J connectivity index is 0.00000154. The summed E-state index contributed by atoms with van der Waals surface area (Å²) in [5.41, 5.74) is 0. The van der Waals surface area contributed by atoms with E-state index in [4.69, 9.17) is 21.1 Å². The van der Waals surface area contributed by atoms with Gasteiger partial charge in [-0.15, -0.1) is 0 Å². The van der Waals surface area contributed by atoms with E-state index in [-0.39, 0.29) is 24.7 Å². The van der Waals surface area contributed by atoms with Crippen LogP contribution in [-0.2, 0) is 25.9 Å². The third-order valence-electron chi connectivity index (χ3n) is 2.84. The number of nitrogens with zero attached hydrogens (tertiary/aromatic N) is 1. The van der Waals surface area contributed by atoms with Crippen LogP contribution in [-0.4, -0.2) is 54.8 Å². The Hall–Kier alpha value is -0.000000000000000111. The van der Waals surface area contributed by atoms with Crippen molar-refractivity contribution in [3.63, 3.8) is 0 Å². The summed E-state index contributed by atoms with van der Waals surface area (Å²) < 4.78 is 10.5. The summed E-state index contributed by atoms with van der Waals surface area (Å²) >= 11 is 4.82. The van der Waals surface area contributed by atoms with Gasteiger partial charge in [0.1, 0.15) is 0 Å². The van der Waals surface area contributed by atoms with Crippen molar-refractivity contribution < 1.29 is 18.9 Å². The molecule has 1 rings (SSSR count). The van der Waals surface area contributed by atoms with Gasteiger partial charge in [-0.2, -0.15) is 0 Å². The summed E-state index contributed by atoms with van der Waals surface area (Å²) in [5, 5.41) is 0. The van der Waals surface area contributed by atoms with E-state index in [1.165, 1.54) is 6.66 Å². The number of ether oxygens (including phenoxy) is 1. The average Bonchev–Trinajstić information content (AvgIpc) is 2.80. The number of likely N-dealkylation sites (tertiary alicyclic amines) is 1. The van der Waals surface area contributed by atoms with Crippen molar-refractivity contribution in [2.75, 3.05) is 26.9 Å². The molecule has 3 atom stereocenters. The van der Waals surface area contributed by atoms with Gasteiger partial charge >= 0.3 is 0 Å². The number of methoxy groups -OCH3 is 1. The molecule has 1 saturated heterocycles. The standard InChI is InChI=1S/C10H20NO4PS.C2H6/c1-4-10(12)11-6-9(14-2)5-8(11)7-15-16(3,13)17;1-2/h8-9H,4-7H2,1-3H3,(H,13,17);1-2H3. The topological polar surface area (TPSA) is 59.0 Å². The third-order valence-corrected chi connectivity index (χ3v) is 3.78. The van der Waals surface area contributed by atoms with Gasteiger partial charge in [-0.1, -0.05) is 20.8 Å². The van der Waals surface area contributed by atoms with Crippen molar-refractivity contribution >= 4 is 24.2 Å². The van der Waals surface area contributed by atoms with Gasteiger partial charge < -0.3 is 19.1 Å². The minimum absolute atomic E-state index is 0.0400. The highest BCUT2D eigenvalue weighted by Gasteiger charge is 2.35. The van der Waals surface area contributed by atoms with Crippen LogP contribution in [0.3, 0.4) is 0 Å². The first kappa shape index (κ1) is 19.0. The van der Waals surface area contributed by atoms with Gasteiger partial charge in [-0.3, -0.25) is 4.79 Å². The Kier molecular flexibility index (Phi) is 9.03. The molecule has 0 aromatic rings. The van der Waals surface area contributed by atoms with E-state index in [1.807, 2.05) is 20.8 Å². The zero-order chi connectivity index (χ0) is 15.1. The highest BCUT2D eigenvalue weighted by Crippen LogP contribution is 2.38. The van der Waals surface area contributed by atoms with E-state index >= 15 is 0 Å². The molecule has 0 aliphatic carbocycles. The van der Waals surface area contributed by atoms with Gasteiger partial charge in [-0.25, -0.2) is 0 Å². The lowest BCUT2D eigenvalue weighted by atomic mass is 10.2. The molecule has 1 heterocycles. The number of carbonyl (C=O) groups is 1. The summed E-state index contributed by atoms with van der Waals surface area (Å²) in [6.07, 6.45) is 1.25. The summed E-state index contributed by atoms with van der Waals surface area (Å²) in [6.45, 7) is 5.56. The highest BCUT2D eigenvalue weighted by molar-refractivity contribution is 8.09. The van der Waals surface area contributed by atoms with E-state index in [2.05, 4.69) is 0 Å². The molecule has 0 saturated carbocycles. The smallest absolute Gasteiger partial charge is 0.222 e. The molecule has 19 heavy (non-hydrogen) atoms. The average molecular weight is 311 g/mol. The first-order valence-corrected chi connectivity index (χ1v) is 9.76. The maximum atomic E-state index is 11.7. The predicted molar refractivity (Wildman–Crippen MR) is 80.9 cm³/mol. The van der Waals surface area contributed by atoms with Crippen molar-refractivity contribution in [1.82, 2.24) is 4.90 Å². The van der Waals surface area contributed by atoms with Crippen molar-refractivity contribution in [1.29, 1.82) is 0 Å². The lowest BCUT2D eigenvalue weighted by molar-refractivity contribution is -0.132. The van der Waals surface area contributed by atoms with Gasteiger partial charge in [0, 0.05) is 26.7 Å². The molecule has 0 bridgehead atoms. The monoisotopic (exact) mass is 311 g/mol. The first-order valence-electron chi connectivity index (χ1n) is 6.64. The second kappa shape index (κ2) is 9.03. The Morgan fingerprint density at radius 3 is 2.53 bits per heavy atom. The minimum Gasteiger partial charge on any atom is -0.380 e. The third kappa shape index (κ3) is 6.82. The van der Waals surface area contributed by atoms with E-state index in [0.29, 0.717) is 13.0 Å². The lowest BCUT2D eigenvalue weighted by Gasteiger charge is -2.24. The molecule has 0 aromatic carbocycles. The van der Waals surface area contributed by atoms with Crippen LogP contribution in [0.15, 0.2) is 0 Å². The fraction of sp³-hybridized carbons (Fsp3) is 0.917. The zero-order valence-corrected chi connectivity index (χ0v) is 14.2. The molecule has 0 aromatic heterocycles. The van der Waals surface area contributed by atoms with E-state index < -0.39 is 6.49 Å². The van der Waals surface area contributed by atoms with Crippen LogP contribution >= 0.6 is 6.49 Å². The Bertz CT molecular complexity index is 321. The van der Waals surface area contributed by atoms with Gasteiger partial charge in [0.15, 0.2) is 6.49 Å². The van der Waals surface area contributed by atoms with E-state index in [1.54, 1.807) is 12.0 Å². The van der Waals surface area contributed by atoms with Crippen LogP contribution in [0.1, 0.15) is 33.6 Å². The zero-order valence-electron chi connectivity index (χ0n) is 12.5. The molecule has 1 amide bonds. The van der Waals surface area contributed by atoms with Gasteiger partial charge in [-0.05, 0) is 18.2 Å². The molecule has 7 heteroatoms. The van der Waals surface area contributed by atoms with E-state index in [0.717, 1.165) is 6.42 Å².